The fraction of sp³-hybridized carbons (Fsp3) is 0.312. The highest BCUT2D eigenvalue weighted by Crippen LogP contribution is 2.28. The van der Waals surface area contributed by atoms with Crippen molar-refractivity contribution in [2.45, 2.75) is 12.8 Å². The zero-order valence-electron chi connectivity index (χ0n) is 13.6. The molecule has 4 rings (SSSR count). The van der Waals surface area contributed by atoms with Gasteiger partial charge in [0.15, 0.2) is 11.5 Å². The van der Waals surface area contributed by atoms with Crippen molar-refractivity contribution in [3.63, 3.8) is 0 Å². The molecule has 0 saturated carbocycles. The van der Waals surface area contributed by atoms with E-state index >= 15 is 0 Å². The molecular weight excluding hydrogens is 377 g/mol. The minimum absolute atomic E-state index is 0.0438. The van der Waals surface area contributed by atoms with Gasteiger partial charge in [-0.3, -0.25) is 4.79 Å². The van der Waals surface area contributed by atoms with Gasteiger partial charge in [-0.15, -0.1) is 14.8 Å². The number of anilines is 2. The molecule has 1 aliphatic rings. The summed E-state index contributed by atoms with van der Waals surface area (Å²) in [5.74, 6) is 0.664. The Kier molecular flexibility index (Phi) is 4.60. The quantitative estimate of drug-likeness (QED) is 0.738. The Balaban J connectivity index is 1.39. The van der Waals surface area contributed by atoms with Crippen LogP contribution in [0.25, 0.3) is 5.65 Å². The first-order valence-corrected chi connectivity index (χ1v) is 8.92. The summed E-state index contributed by atoms with van der Waals surface area (Å²) in [6, 6.07) is 8.72. The van der Waals surface area contributed by atoms with Crippen molar-refractivity contribution < 1.29 is 4.79 Å². The molecule has 3 aromatic rings. The summed E-state index contributed by atoms with van der Waals surface area (Å²) >= 11 is 12.1. The molecule has 0 unspecified atom stereocenters. The van der Waals surface area contributed by atoms with Gasteiger partial charge in [0, 0.05) is 24.0 Å². The third kappa shape index (κ3) is 3.42. The maximum atomic E-state index is 12.5. The van der Waals surface area contributed by atoms with E-state index in [4.69, 9.17) is 23.2 Å². The molecule has 10 heteroatoms. The fourth-order valence-electron chi connectivity index (χ4n) is 3.01. The van der Waals surface area contributed by atoms with Crippen LogP contribution in [0.4, 0.5) is 11.5 Å². The number of hydrogen-bond donors (Lipinski definition) is 1. The molecule has 0 atom stereocenters. The third-order valence-electron chi connectivity index (χ3n) is 4.43. The summed E-state index contributed by atoms with van der Waals surface area (Å²) in [6.45, 7) is 1.45. The lowest BCUT2D eigenvalue weighted by Crippen LogP contribution is -2.38. The van der Waals surface area contributed by atoms with E-state index in [2.05, 4.69) is 30.8 Å². The first-order chi connectivity index (χ1) is 12.6. The van der Waals surface area contributed by atoms with E-state index in [0.29, 0.717) is 21.4 Å². The number of carbonyl (C=O) groups excluding carboxylic acids is 1. The van der Waals surface area contributed by atoms with Crippen molar-refractivity contribution in [3.05, 3.63) is 40.4 Å². The van der Waals surface area contributed by atoms with E-state index < -0.39 is 0 Å². The predicted octanol–water partition coefficient (Wildman–Crippen LogP) is 2.68. The molecule has 3 heterocycles. The van der Waals surface area contributed by atoms with Crippen LogP contribution in [0, 0.1) is 5.92 Å². The summed E-state index contributed by atoms with van der Waals surface area (Å²) in [5, 5.41) is 19.5. The standard InChI is InChI=1S/C16H15Cl2N7O/c17-11-1-2-12(18)13(9-11)19-16(26)10-5-7-24(8-6-10)15-4-3-14-20-22-23-25(14)21-15/h1-4,9-10H,5-8H2,(H,19,26). The summed E-state index contributed by atoms with van der Waals surface area (Å²) in [6.07, 6.45) is 1.44. The second-order valence-electron chi connectivity index (χ2n) is 6.09. The smallest absolute Gasteiger partial charge is 0.227 e. The number of amides is 1. The second-order valence-corrected chi connectivity index (χ2v) is 6.94. The number of halogens is 2. The molecule has 1 saturated heterocycles. The van der Waals surface area contributed by atoms with Crippen LogP contribution in [0.5, 0.6) is 0 Å². The zero-order valence-corrected chi connectivity index (χ0v) is 15.2. The minimum atomic E-state index is -0.0851. The molecule has 1 amide bonds. The lowest BCUT2D eigenvalue weighted by molar-refractivity contribution is -0.120. The highest BCUT2D eigenvalue weighted by atomic mass is 35.5. The van der Waals surface area contributed by atoms with Crippen LogP contribution in [0.15, 0.2) is 30.3 Å². The van der Waals surface area contributed by atoms with E-state index in [0.717, 1.165) is 31.7 Å². The van der Waals surface area contributed by atoms with E-state index in [-0.39, 0.29) is 11.8 Å². The fourth-order valence-corrected chi connectivity index (χ4v) is 3.34. The number of nitrogens with one attached hydrogen (secondary N) is 1. The number of piperidine rings is 1. The third-order valence-corrected chi connectivity index (χ3v) is 5.00. The topological polar surface area (TPSA) is 88.3 Å². The van der Waals surface area contributed by atoms with Crippen LogP contribution in [-0.4, -0.2) is 44.3 Å². The van der Waals surface area contributed by atoms with Crippen molar-refractivity contribution in [2.75, 3.05) is 23.3 Å². The Morgan fingerprint density at radius 2 is 1.96 bits per heavy atom. The van der Waals surface area contributed by atoms with E-state index in [1.54, 1.807) is 18.2 Å². The van der Waals surface area contributed by atoms with Crippen molar-refractivity contribution >= 4 is 46.3 Å². The number of fused-ring (bicyclic) bond motifs is 1. The van der Waals surface area contributed by atoms with Crippen LogP contribution in [0.3, 0.4) is 0 Å². The monoisotopic (exact) mass is 391 g/mol. The van der Waals surface area contributed by atoms with Crippen molar-refractivity contribution in [1.82, 2.24) is 25.3 Å². The van der Waals surface area contributed by atoms with Gasteiger partial charge in [0.25, 0.3) is 0 Å². The van der Waals surface area contributed by atoms with Crippen molar-refractivity contribution in [2.24, 2.45) is 5.92 Å². The molecule has 1 aliphatic heterocycles. The maximum absolute atomic E-state index is 12.5. The zero-order chi connectivity index (χ0) is 18.1. The molecule has 1 fully saturated rings. The van der Waals surface area contributed by atoms with Gasteiger partial charge in [-0.25, -0.2) is 0 Å². The van der Waals surface area contributed by atoms with Gasteiger partial charge in [0.05, 0.1) is 10.7 Å². The Bertz CT molecular complexity index is 953. The van der Waals surface area contributed by atoms with Crippen LogP contribution in [-0.2, 0) is 4.79 Å². The molecule has 0 radical (unpaired) electrons. The normalized spacial score (nSPS) is 15.4. The minimum Gasteiger partial charge on any atom is -0.355 e. The Labute approximate surface area is 159 Å². The van der Waals surface area contributed by atoms with Gasteiger partial charge >= 0.3 is 0 Å². The lowest BCUT2D eigenvalue weighted by Gasteiger charge is -2.31. The molecule has 26 heavy (non-hydrogen) atoms. The predicted molar refractivity (Wildman–Crippen MR) is 98.6 cm³/mol. The summed E-state index contributed by atoms with van der Waals surface area (Å²) < 4.78 is 1.40. The SMILES string of the molecule is O=C(Nc1cc(Cl)ccc1Cl)C1CCN(c2ccc3nnnn3n2)CC1. The number of nitrogens with zero attached hydrogens (tertiary/aromatic N) is 6. The number of tetrazole rings is 1. The second kappa shape index (κ2) is 7.05. The summed E-state index contributed by atoms with van der Waals surface area (Å²) in [5.41, 5.74) is 1.14. The number of benzene rings is 1. The molecule has 1 N–H and O–H groups in total. The molecular formula is C16H15Cl2N7O. The Morgan fingerprint density at radius 3 is 2.77 bits per heavy atom. The number of aromatic nitrogens is 5. The van der Waals surface area contributed by atoms with Gasteiger partial charge in [-0.05, 0) is 53.6 Å². The molecule has 0 aliphatic carbocycles. The maximum Gasteiger partial charge on any atom is 0.227 e. The van der Waals surface area contributed by atoms with Crippen molar-refractivity contribution in [1.29, 1.82) is 0 Å². The van der Waals surface area contributed by atoms with Crippen LogP contribution < -0.4 is 10.2 Å². The Hall–Kier alpha value is -2.45. The molecule has 0 spiro atoms. The number of carbonyl (C=O) groups is 1. The first-order valence-electron chi connectivity index (χ1n) is 8.16. The van der Waals surface area contributed by atoms with Gasteiger partial charge in [-0.1, -0.05) is 23.2 Å². The van der Waals surface area contributed by atoms with E-state index in [1.807, 2.05) is 12.1 Å². The molecule has 2 aromatic heterocycles. The molecule has 8 nitrogen and oxygen atoms in total. The van der Waals surface area contributed by atoms with Crippen LogP contribution in [0.2, 0.25) is 10.0 Å². The van der Waals surface area contributed by atoms with Gasteiger partial charge in [0.1, 0.15) is 0 Å². The molecule has 0 bridgehead atoms. The average Bonchev–Trinajstić information content (AvgIpc) is 3.12. The average molecular weight is 392 g/mol. The van der Waals surface area contributed by atoms with Gasteiger partial charge in [0.2, 0.25) is 5.91 Å². The van der Waals surface area contributed by atoms with E-state index in [9.17, 15) is 4.79 Å². The highest BCUT2D eigenvalue weighted by Gasteiger charge is 2.26. The van der Waals surface area contributed by atoms with Gasteiger partial charge < -0.3 is 10.2 Å². The highest BCUT2D eigenvalue weighted by molar-refractivity contribution is 6.35. The largest absolute Gasteiger partial charge is 0.355 e. The van der Waals surface area contributed by atoms with Crippen LogP contribution in [0.1, 0.15) is 12.8 Å². The first kappa shape index (κ1) is 17.0. The summed E-state index contributed by atoms with van der Waals surface area (Å²) in [4.78, 5) is 14.7. The number of rotatable bonds is 3. The lowest BCUT2D eigenvalue weighted by atomic mass is 9.96. The summed E-state index contributed by atoms with van der Waals surface area (Å²) in [7, 11) is 0. The molecule has 134 valence electrons. The Morgan fingerprint density at radius 1 is 1.15 bits per heavy atom. The van der Waals surface area contributed by atoms with E-state index in [1.165, 1.54) is 4.63 Å². The molecule has 1 aromatic carbocycles. The van der Waals surface area contributed by atoms with Crippen molar-refractivity contribution in [3.8, 4) is 0 Å². The number of hydrogen-bond acceptors (Lipinski definition) is 6. The van der Waals surface area contributed by atoms with Gasteiger partial charge in [-0.2, -0.15) is 0 Å². The van der Waals surface area contributed by atoms with Crippen LogP contribution >= 0.6 is 23.2 Å².